The summed E-state index contributed by atoms with van der Waals surface area (Å²) in [4.78, 5) is 17.0. The van der Waals surface area contributed by atoms with Crippen molar-refractivity contribution in [1.29, 1.82) is 0 Å². The van der Waals surface area contributed by atoms with Gasteiger partial charge in [0.2, 0.25) is 11.6 Å². The van der Waals surface area contributed by atoms with Crippen molar-refractivity contribution in [1.82, 2.24) is 14.9 Å². The summed E-state index contributed by atoms with van der Waals surface area (Å²) in [5.41, 5.74) is 0. The fraction of sp³-hybridized carbons (Fsp3) is 0.769. The van der Waals surface area contributed by atoms with E-state index in [1.165, 1.54) is 12.8 Å². The molecule has 1 N–H and O–H groups in total. The van der Waals surface area contributed by atoms with Crippen LogP contribution < -0.4 is 10.2 Å². The fourth-order valence-electron chi connectivity index (χ4n) is 3.61. The quantitative estimate of drug-likeness (QED) is 0.667. The maximum absolute atomic E-state index is 11.2. The third-order valence-corrected chi connectivity index (χ3v) is 4.77. The maximum Gasteiger partial charge on any atom is 0.406 e. The topological polar surface area (TPSA) is 76.2 Å². The molecule has 0 aromatic carbocycles. The van der Waals surface area contributed by atoms with Crippen molar-refractivity contribution >= 4 is 11.6 Å². The molecule has 0 aliphatic carbocycles. The normalized spacial score (nSPS) is 28.6. The molecule has 3 rings (SSSR count). The number of fused-ring (bicyclic) bond motifs is 2. The fourth-order valence-corrected chi connectivity index (χ4v) is 3.61. The Morgan fingerprint density at radius 3 is 2.55 bits per heavy atom. The lowest BCUT2D eigenvalue weighted by Crippen LogP contribution is -2.47. The molecular weight excluding hydrogens is 258 g/mol. The first-order valence-corrected chi connectivity index (χ1v) is 7.14. The molecule has 0 saturated carbocycles. The molecule has 110 valence electrons. The Bertz CT molecular complexity index is 529. The number of piperidine rings is 1. The highest BCUT2D eigenvalue weighted by Crippen LogP contribution is 2.35. The number of rotatable bonds is 3. The second kappa shape index (κ2) is 4.73. The van der Waals surface area contributed by atoms with Crippen molar-refractivity contribution in [3.05, 3.63) is 15.9 Å². The molecule has 2 saturated heterocycles. The van der Waals surface area contributed by atoms with Crippen molar-refractivity contribution in [3.63, 3.8) is 0 Å². The average Bonchev–Trinajstić information content (AvgIpc) is 2.90. The number of aryl methyl sites for hydroxylation is 1. The van der Waals surface area contributed by atoms with Crippen molar-refractivity contribution in [2.45, 2.75) is 50.7 Å². The van der Waals surface area contributed by atoms with E-state index in [1.807, 2.05) is 18.7 Å². The van der Waals surface area contributed by atoms with Gasteiger partial charge in [0.05, 0.1) is 0 Å². The SMILES string of the molecule is Cc1nc([N+](=O)[O-])c(N(C)C2CC3CCC(C2)N3)n1C. The van der Waals surface area contributed by atoms with Gasteiger partial charge >= 0.3 is 5.82 Å². The molecule has 0 radical (unpaired) electrons. The molecule has 2 fully saturated rings. The predicted octanol–water partition coefficient (Wildman–Crippen LogP) is 1.36. The molecule has 0 amide bonds. The summed E-state index contributed by atoms with van der Waals surface area (Å²) in [7, 11) is 3.80. The number of hydrogen-bond acceptors (Lipinski definition) is 5. The molecule has 20 heavy (non-hydrogen) atoms. The van der Waals surface area contributed by atoms with E-state index in [1.54, 1.807) is 6.92 Å². The van der Waals surface area contributed by atoms with Crippen LogP contribution in [0.2, 0.25) is 0 Å². The third-order valence-electron chi connectivity index (χ3n) is 4.77. The summed E-state index contributed by atoms with van der Waals surface area (Å²) in [6.45, 7) is 1.80. The standard InChI is InChI=1S/C13H21N5O2/c1-8-14-12(18(19)20)13(16(8)2)17(3)11-6-9-4-5-10(7-11)15-9/h9-11,15H,4-7H2,1-3H3. The molecule has 0 spiro atoms. The van der Waals surface area contributed by atoms with Gasteiger partial charge in [0, 0.05) is 39.1 Å². The Kier molecular flexibility index (Phi) is 3.16. The first kappa shape index (κ1) is 13.4. The van der Waals surface area contributed by atoms with Crippen LogP contribution in [0, 0.1) is 17.0 Å². The number of anilines is 1. The van der Waals surface area contributed by atoms with Crippen LogP contribution in [0.5, 0.6) is 0 Å². The van der Waals surface area contributed by atoms with Gasteiger partial charge in [0.15, 0.2) is 0 Å². The summed E-state index contributed by atoms with van der Waals surface area (Å²) in [6.07, 6.45) is 4.55. The Labute approximate surface area is 118 Å². The number of nitrogens with zero attached hydrogens (tertiary/aromatic N) is 4. The van der Waals surface area contributed by atoms with Crippen LogP contribution in [-0.4, -0.2) is 39.6 Å². The highest BCUT2D eigenvalue weighted by molar-refractivity contribution is 5.56. The highest BCUT2D eigenvalue weighted by atomic mass is 16.6. The molecule has 7 nitrogen and oxygen atoms in total. The van der Waals surface area contributed by atoms with Crippen molar-refractivity contribution < 1.29 is 4.92 Å². The highest BCUT2D eigenvalue weighted by Gasteiger charge is 2.38. The molecule has 7 heteroatoms. The van der Waals surface area contributed by atoms with Gasteiger partial charge in [-0.1, -0.05) is 0 Å². The molecule has 2 aliphatic heterocycles. The number of imidazole rings is 1. The van der Waals surface area contributed by atoms with Crippen LogP contribution >= 0.6 is 0 Å². The summed E-state index contributed by atoms with van der Waals surface area (Å²) in [6, 6.07) is 1.48. The van der Waals surface area contributed by atoms with Gasteiger partial charge < -0.3 is 20.3 Å². The van der Waals surface area contributed by atoms with E-state index in [2.05, 4.69) is 15.2 Å². The monoisotopic (exact) mass is 279 g/mol. The van der Waals surface area contributed by atoms with Crippen LogP contribution in [-0.2, 0) is 7.05 Å². The molecule has 1 aromatic heterocycles. The summed E-state index contributed by atoms with van der Waals surface area (Å²) in [5.74, 6) is 1.27. The van der Waals surface area contributed by atoms with Crippen molar-refractivity contribution in [3.8, 4) is 0 Å². The second-order valence-electron chi connectivity index (χ2n) is 6.00. The second-order valence-corrected chi connectivity index (χ2v) is 6.00. The lowest BCUT2D eigenvalue weighted by Gasteiger charge is -2.36. The predicted molar refractivity (Wildman–Crippen MR) is 76.0 cm³/mol. The molecule has 2 bridgehead atoms. The zero-order chi connectivity index (χ0) is 14.4. The van der Waals surface area contributed by atoms with Crippen LogP contribution in [0.25, 0.3) is 0 Å². The van der Waals surface area contributed by atoms with E-state index >= 15 is 0 Å². The summed E-state index contributed by atoms with van der Waals surface area (Å²) < 4.78 is 1.82. The zero-order valence-electron chi connectivity index (χ0n) is 12.2. The average molecular weight is 279 g/mol. The Morgan fingerprint density at radius 1 is 1.40 bits per heavy atom. The summed E-state index contributed by atoms with van der Waals surface area (Å²) >= 11 is 0. The number of nitrogens with one attached hydrogen (secondary N) is 1. The minimum atomic E-state index is -0.380. The van der Waals surface area contributed by atoms with E-state index in [9.17, 15) is 10.1 Å². The van der Waals surface area contributed by atoms with Crippen LogP contribution in [0.3, 0.4) is 0 Å². The molecule has 2 aliphatic rings. The van der Waals surface area contributed by atoms with Gasteiger partial charge in [-0.15, -0.1) is 0 Å². The van der Waals surface area contributed by atoms with Gasteiger partial charge in [0.25, 0.3) is 0 Å². The zero-order valence-corrected chi connectivity index (χ0v) is 12.2. The Hall–Kier alpha value is -1.63. The minimum absolute atomic E-state index is 0.0293. The van der Waals surface area contributed by atoms with Gasteiger partial charge in [-0.25, -0.2) is 0 Å². The van der Waals surface area contributed by atoms with Crippen LogP contribution in [0.4, 0.5) is 11.6 Å². The first-order valence-electron chi connectivity index (χ1n) is 7.14. The molecule has 2 unspecified atom stereocenters. The van der Waals surface area contributed by atoms with E-state index in [0.717, 1.165) is 12.8 Å². The molecule has 1 aromatic rings. The van der Waals surface area contributed by atoms with E-state index in [4.69, 9.17) is 0 Å². The van der Waals surface area contributed by atoms with E-state index in [-0.39, 0.29) is 10.7 Å². The van der Waals surface area contributed by atoms with Crippen molar-refractivity contribution in [2.75, 3.05) is 11.9 Å². The number of aromatic nitrogens is 2. The first-order chi connectivity index (χ1) is 9.47. The maximum atomic E-state index is 11.2. The van der Waals surface area contributed by atoms with E-state index in [0.29, 0.717) is 29.8 Å². The summed E-state index contributed by atoms with van der Waals surface area (Å²) in [5, 5.41) is 14.8. The lowest BCUT2D eigenvalue weighted by molar-refractivity contribution is -0.388. The molecule has 2 atom stereocenters. The smallest absolute Gasteiger partial charge is 0.358 e. The largest absolute Gasteiger partial charge is 0.406 e. The van der Waals surface area contributed by atoms with Gasteiger partial charge in [-0.05, 0) is 35.6 Å². The lowest BCUT2D eigenvalue weighted by atomic mass is 9.98. The molecular formula is C13H21N5O2. The number of hydrogen-bond donors (Lipinski definition) is 1. The molecule has 3 heterocycles. The van der Waals surface area contributed by atoms with Crippen LogP contribution in [0.1, 0.15) is 31.5 Å². The van der Waals surface area contributed by atoms with Crippen molar-refractivity contribution in [2.24, 2.45) is 7.05 Å². The minimum Gasteiger partial charge on any atom is -0.358 e. The van der Waals surface area contributed by atoms with Crippen LogP contribution in [0.15, 0.2) is 0 Å². The van der Waals surface area contributed by atoms with Gasteiger partial charge in [-0.3, -0.25) is 4.57 Å². The number of nitro groups is 1. The Morgan fingerprint density at radius 2 is 2.00 bits per heavy atom. The Balaban J connectivity index is 1.90. The van der Waals surface area contributed by atoms with E-state index < -0.39 is 0 Å². The van der Waals surface area contributed by atoms with Gasteiger partial charge in [-0.2, -0.15) is 0 Å². The third kappa shape index (κ3) is 2.06. The van der Waals surface area contributed by atoms with Gasteiger partial charge in [0.1, 0.15) is 0 Å².